The van der Waals surface area contributed by atoms with E-state index in [1.807, 2.05) is 6.92 Å². The Bertz CT molecular complexity index is 326. The van der Waals surface area contributed by atoms with Crippen LogP contribution in [0.3, 0.4) is 0 Å². The molecule has 0 bridgehead atoms. The first-order chi connectivity index (χ1) is 9.24. The van der Waals surface area contributed by atoms with E-state index >= 15 is 0 Å². The molecule has 0 radical (unpaired) electrons. The molecule has 0 rings (SSSR count). The molecule has 0 aliphatic rings. The van der Waals surface area contributed by atoms with Gasteiger partial charge in [-0.25, -0.2) is 9.59 Å². The van der Waals surface area contributed by atoms with Crippen LogP contribution < -0.4 is 0 Å². The van der Waals surface area contributed by atoms with Gasteiger partial charge in [0, 0.05) is 12.2 Å². The maximum absolute atomic E-state index is 11.5. The molecule has 4 nitrogen and oxygen atoms in total. The molecule has 0 aliphatic heterocycles. The lowest BCUT2D eigenvalue weighted by Gasteiger charge is -2.17. The van der Waals surface area contributed by atoms with Crippen molar-refractivity contribution in [2.24, 2.45) is 0 Å². The molecular formula is C16H28O4. The topological polar surface area (TPSA) is 52.6 Å². The first-order valence-electron chi connectivity index (χ1n) is 7.36. The third-order valence-corrected chi connectivity index (χ3v) is 2.54. The monoisotopic (exact) mass is 284 g/mol. The van der Waals surface area contributed by atoms with Gasteiger partial charge < -0.3 is 9.47 Å². The van der Waals surface area contributed by atoms with Crippen LogP contribution in [0, 0.1) is 0 Å². The Labute approximate surface area is 122 Å². The molecule has 0 saturated carbocycles. The second kappa shape index (κ2) is 9.56. The van der Waals surface area contributed by atoms with E-state index < -0.39 is 17.5 Å². The summed E-state index contributed by atoms with van der Waals surface area (Å²) in [5.41, 5.74) is -0.558. The molecule has 0 aromatic heterocycles. The van der Waals surface area contributed by atoms with Gasteiger partial charge >= 0.3 is 11.9 Å². The van der Waals surface area contributed by atoms with E-state index in [4.69, 9.17) is 9.47 Å². The molecule has 0 unspecified atom stereocenters. The number of carbonyl (C=O) groups is 2. The molecule has 0 spiro atoms. The van der Waals surface area contributed by atoms with Crippen LogP contribution in [-0.4, -0.2) is 23.6 Å². The zero-order valence-corrected chi connectivity index (χ0v) is 13.4. The minimum Gasteiger partial charge on any atom is -0.460 e. The molecule has 0 N–H and O–H groups in total. The van der Waals surface area contributed by atoms with Crippen molar-refractivity contribution in [2.45, 2.75) is 78.4 Å². The number of rotatable bonds is 8. The fourth-order valence-electron chi connectivity index (χ4n) is 1.63. The van der Waals surface area contributed by atoms with Crippen molar-refractivity contribution in [3.8, 4) is 0 Å². The summed E-state index contributed by atoms with van der Waals surface area (Å²) >= 11 is 0. The van der Waals surface area contributed by atoms with Crippen molar-refractivity contribution < 1.29 is 19.1 Å². The second-order valence-electron chi connectivity index (χ2n) is 5.96. The van der Waals surface area contributed by atoms with Gasteiger partial charge in [-0.15, -0.1) is 0 Å². The first kappa shape index (κ1) is 18.7. The molecule has 0 aromatic carbocycles. The van der Waals surface area contributed by atoms with Gasteiger partial charge in [0.25, 0.3) is 0 Å². The van der Waals surface area contributed by atoms with Gasteiger partial charge in [-0.1, -0.05) is 26.2 Å². The molecule has 0 amide bonds. The molecular weight excluding hydrogens is 256 g/mol. The summed E-state index contributed by atoms with van der Waals surface area (Å²) in [6, 6.07) is 0. The summed E-state index contributed by atoms with van der Waals surface area (Å²) in [5.74, 6) is -1.04. The zero-order valence-electron chi connectivity index (χ0n) is 13.4. The third kappa shape index (κ3) is 11.8. The van der Waals surface area contributed by atoms with Crippen molar-refractivity contribution in [2.75, 3.05) is 0 Å². The third-order valence-electron chi connectivity index (χ3n) is 2.54. The highest BCUT2D eigenvalue weighted by Crippen LogP contribution is 2.09. The lowest BCUT2D eigenvalue weighted by molar-refractivity contribution is -0.149. The van der Waals surface area contributed by atoms with Gasteiger partial charge in [0.1, 0.15) is 5.60 Å². The highest BCUT2D eigenvalue weighted by Gasteiger charge is 2.14. The number of hydrogen-bond acceptors (Lipinski definition) is 4. The molecule has 0 saturated heterocycles. The normalized spacial score (nSPS) is 13.2. The Morgan fingerprint density at radius 3 is 2.20 bits per heavy atom. The zero-order chi connectivity index (χ0) is 15.6. The molecule has 0 aromatic rings. The Balaban J connectivity index is 3.94. The van der Waals surface area contributed by atoms with E-state index in [2.05, 4.69) is 6.92 Å². The van der Waals surface area contributed by atoms with Gasteiger partial charge in [0.2, 0.25) is 0 Å². The average molecular weight is 284 g/mol. The van der Waals surface area contributed by atoms with Gasteiger partial charge in [-0.3, -0.25) is 0 Å². The predicted molar refractivity (Wildman–Crippen MR) is 79.3 cm³/mol. The first-order valence-corrected chi connectivity index (χ1v) is 7.36. The van der Waals surface area contributed by atoms with Gasteiger partial charge in [-0.05, 0) is 40.5 Å². The van der Waals surface area contributed by atoms with Crippen LogP contribution >= 0.6 is 0 Å². The number of esters is 2. The number of carbonyl (C=O) groups excluding carboxylic acids is 2. The van der Waals surface area contributed by atoms with E-state index in [9.17, 15) is 9.59 Å². The quantitative estimate of drug-likeness (QED) is 0.386. The second-order valence-corrected chi connectivity index (χ2v) is 5.96. The number of ether oxygens (including phenoxy) is 2. The van der Waals surface area contributed by atoms with Crippen molar-refractivity contribution in [3.05, 3.63) is 12.2 Å². The number of hydrogen-bond donors (Lipinski definition) is 0. The molecule has 4 heteroatoms. The predicted octanol–water partition coefficient (Wildman–Crippen LogP) is 3.79. The van der Waals surface area contributed by atoms with Gasteiger partial charge in [0.05, 0.1) is 6.10 Å². The Kier molecular flexibility index (Phi) is 8.93. The largest absolute Gasteiger partial charge is 0.460 e. The van der Waals surface area contributed by atoms with E-state index in [0.29, 0.717) is 0 Å². The molecule has 0 heterocycles. The van der Waals surface area contributed by atoms with Crippen LogP contribution in [0.15, 0.2) is 12.2 Å². The van der Waals surface area contributed by atoms with Gasteiger partial charge in [0.15, 0.2) is 0 Å². The number of unbranched alkanes of at least 4 members (excludes halogenated alkanes) is 3. The Hall–Kier alpha value is -1.32. The summed E-state index contributed by atoms with van der Waals surface area (Å²) in [6.07, 6.45) is 7.57. The van der Waals surface area contributed by atoms with Crippen LogP contribution in [0.4, 0.5) is 0 Å². The minimum atomic E-state index is -0.558. The Morgan fingerprint density at radius 1 is 1.05 bits per heavy atom. The summed E-state index contributed by atoms with van der Waals surface area (Å²) in [5, 5.41) is 0. The van der Waals surface area contributed by atoms with Crippen molar-refractivity contribution in [1.29, 1.82) is 0 Å². The molecule has 1 atom stereocenters. The summed E-state index contributed by atoms with van der Waals surface area (Å²) < 4.78 is 10.2. The van der Waals surface area contributed by atoms with Crippen LogP contribution in [0.1, 0.15) is 66.7 Å². The molecule has 0 fully saturated rings. The van der Waals surface area contributed by atoms with E-state index in [1.54, 1.807) is 20.8 Å². The SMILES string of the molecule is CCCCCC[C@@H](C)OC(=O)/C=C/C(=O)OC(C)(C)C. The Morgan fingerprint density at radius 2 is 1.65 bits per heavy atom. The maximum Gasteiger partial charge on any atom is 0.331 e. The highest BCUT2D eigenvalue weighted by atomic mass is 16.6. The summed E-state index contributed by atoms with van der Waals surface area (Å²) in [7, 11) is 0. The van der Waals surface area contributed by atoms with Crippen LogP contribution in [0.2, 0.25) is 0 Å². The van der Waals surface area contributed by atoms with E-state index in [-0.39, 0.29) is 6.10 Å². The van der Waals surface area contributed by atoms with E-state index in [1.165, 1.54) is 12.8 Å². The van der Waals surface area contributed by atoms with Crippen LogP contribution in [0.25, 0.3) is 0 Å². The smallest absolute Gasteiger partial charge is 0.331 e. The lowest BCUT2D eigenvalue weighted by Crippen LogP contribution is -2.22. The fraction of sp³-hybridized carbons (Fsp3) is 0.750. The minimum absolute atomic E-state index is 0.123. The maximum atomic E-state index is 11.5. The van der Waals surface area contributed by atoms with Crippen LogP contribution in [0.5, 0.6) is 0 Å². The highest BCUT2D eigenvalue weighted by molar-refractivity contribution is 5.91. The summed E-state index contributed by atoms with van der Waals surface area (Å²) in [6.45, 7) is 9.34. The van der Waals surface area contributed by atoms with Crippen LogP contribution in [-0.2, 0) is 19.1 Å². The standard InChI is InChI=1S/C16H28O4/c1-6-7-8-9-10-13(2)19-14(17)11-12-15(18)20-16(3,4)5/h11-13H,6-10H2,1-5H3/b12-11+/t13-/m1/s1. The summed E-state index contributed by atoms with van der Waals surface area (Å²) in [4.78, 5) is 22.9. The average Bonchev–Trinajstić information content (AvgIpc) is 2.30. The van der Waals surface area contributed by atoms with E-state index in [0.717, 1.165) is 31.4 Å². The van der Waals surface area contributed by atoms with Gasteiger partial charge in [-0.2, -0.15) is 0 Å². The van der Waals surface area contributed by atoms with Crippen molar-refractivity contribution >= 4 is 11.9 Å². The lowest BCUT2D eigenvalue weighted by atomic mass is 10.1. The van der Waals surface area contributed by atoms with Crippen molar-refractivity contribution in [3.63, 3.8) is 0 Å². The van der Waals surface area contributed by atoms with Crippen molar-refractivity contribution in [1.82, 2.24) is 0 Å². The molecule has 0 aliphatic carbocycles. The molecule has 20 heavy (non-hydrogen) atoms. The molecule has 116 valence electrons. The fourth-order valence-corrected chi connectivity index (χ4v) is 1.63.